The van der Waals surface area contributed by atoms with Crippen LogP contribution >= 0.6 is 11.3 Å². The van der Waals surface area contributed by atoms with E-state index in [1.165, 1.54) is 17.7 Å². The summed E-state index contributed by atoms with van der Waals surface area (Å²) < 4.78 is 5.45. The molecule has 154 valence electrons. The quantitative estimate of drug-likeness (QED) is 0.662. The maximum absolute atomic E-state index is 12.6. The van der Waals surface area contributed by atoms with Crippen LogP contribution in [0.5, 0.6) is 0 Å². The van der Waals surface area contributed by atoms with E-state index in [1.807, 2.05) is 26.8 Å². The van der Waals surface area contributed by atoms with Crippen molar-refractivity contribution in [3.63, 3.8) is 0 Å². The first-order chi connectivity index (χ1) is 13.9. The first kappa shape index (κ1) is 20.0. The second kappa shape index (κ2) is 8.24. The normalized spacial score (nSPS) is 15.9. The van der Waals surface area contributed by atoms with Gasteiger partial charge in [-0.15, -0.1) is 11.3 Å². The van der Waals surface area contributed by atoms with Crippen LogP contribution in [0.15, 0.2) is 16.7 Å². The number of piperidine rings is 1. The van der Waals surface area contributed by atoms with Gasteiger partial charge in [-0.2, -0.15) is 0 Å². The zero-order valence-electron chi connectivity index (χ0n) is 17.5. The molecule has 0 atom stereocenters. The van der Waals surface area contributed by atoms with Crippen molar-refractivity contribution in [3.8, 4) is 0 Å². The molecule has 0 unspecified atom stereocenters. The Morgan fingerprint density at radius 1 is 1.28 bits per heavy atom. The van der Waals surface area contributed by atoms with Crippen molar-refractivity contribution in [2.75, 3.05) is 18.4 Å². The van der Waals surface area contributed by atoms with Crippen LogP contribution < -0.4 is 5.32 Å². The number of carbonyl (C=O) groups excluding carboxylic acids is 1. The monoisotopic (exact) mass is 412 g/mol. The molecule has 7 heteroatoms. The number of thiazole rings is 1. The molecule has 1 amide bonds. The van der Waals surface area contributed by atoms with Gasteiger partial charge in [-0.1, -0.05) is 18.1 Å². The molecule has 1 saturated heterocycles. The van der Waals surface area contributed by atoms with Crippen molar-refractivity contribution in [2.45, 2.75) is 53.5 Å². The van der Waals surface area contributed by atoms with E-state index in [9.17, 15) is 4.79 Å². The summed E-state index contributed by atoms with van der Waals surface area (Å²) in [5.74, 6) is 0.704. The van der Waals surface area contributed by atoms with Crippen LogP contribution in [0.2, 0.25) is 0 Å². The van der Waals surface area contributed by atoms with E-state index < -0.39 is 0 Å². The fourth-order valence-electron chi connectivity index (χ4n) is 3.93. The van der Waals surface area contributed by atoms with E-state index in [0.717, 1.165) is 53.3 Å². The lowest BCUT2D eigenvalue weighted by Gasteiger charge is -2.29. The summed E-state index contributed by atoms with van der Waals surface area (Å²) >= 11 is 1.57. The van der Waals surface area contributed by atoms with Crippen molar-refractivity contribution in [2.24, 2.45) is 5.92 Å². The van der Waals surface area contributed by atoms with E-state index in [1.54, 1.807) is 11.3 Å². The highest BCUT2D eigenvalue weighted by molar-refractivity contribution is 7.15. The van der Waals surface area contributed by atoms with Gasteiger partial charge >= 0.3 is 0 Å². The number of carbonyl (C=O) groups is 1. The van der Waals surface area contributed by atoms with Gasteiger partial charge in [0.05, 0.1) is 12.1 Å². The summed E-state index contributed by atoms with van der Waals surface area (Å²) in [6, 6.07) is 4.08. The van der Waals surface area contributed by atoms with Gasteiger partial charge in [0, 0.05) is 16.8 Å². The van der Waals surface area contributed by atoms with Crippen molar-refractivity contribution < 1.29 is 9.32 Å². The van der Waals surface area contributed by atoms with Gasteiger partial charge in [0.1, 0.15) is 5.69 Å². The number of aryl methyl sites for hydroxylation is 3. The Kier molecular flexibility index (Phi) is 5.69. The minimum Gasteiger partial charge on any atom is -0.356 e. The smallest absolute Gasteiger partial charge is 0.232 e. The van der Waals surface area contributed by atoms with Crippen LogP contribution in [0, 0.1) is 26.7 Å². The highest BCUT2D eigenvalue weighted by Gasteiger charge is 2.19. The zero-order chi connectivity index (χ0) is 20.5. The Hall–Kier alpha value is -2.25. The number of aromatic nitrogens is 2. The molecule has 6 nitrogen and oxygen atoms in total. The van der Waals surface area contributed by atoms with Gasteiger partial charge in [0.2, 0.25) is 5.91 Å². The van der Waals surface area contributed by atoms with Crippen molar-refractivity contribution in [3.05, 3.63) is 39.5 Å². The second-order valence-electron chi connectivity index (χ2n) is 8.30. The van der Waals surface area contributed by atoms with Gasteiger partial charge in [-0.05, 0) is 69.8 Å². The maximum atomic E-state index is 12.6. The lowest BCUT2D eigenvalue weighted by molar-refractivity contribution is -0.115. The average Bonchev–Trinajstić information content (AvgIpc) is 3.20. The van der Waals surface area contributed by atoms with E-state index >= 15 is 0 Å². The molecule has 1 aromatic carbocycles. The Morgan fingerprint density at radius 2 is 2.03 bits per heavy atom. The lowest BCUT2D eigenvalue weighted by atomic mass is 9.99. The van der Waals surface area contributed by atoms with Crippen LogP contribution in [-0.2, 0) is 17.8 Å². The average molecular weight is 413 g/mol. The van der Waals surface area contributed by atoms with E-state index in [-0.39, 0.29) is 12.3 Å². The largest absolute Gasteiger partial charge is 0.356 e. The zero-order valence-corrected chi connectivity index (χ0v) is 18.4. The third-order valence-electron chi connectivity index (χ3n) is 5.69. The van der Waals surface area contributed by atoms with Crippen LogP contribution in [-0.4, -0.2) is 34.0 Å². The predicted octanol–water partition coefficient (Wildman–Crippen LogP) is 4.62. The summed E-state index contributed by atoms with van der Waals surface area (Å²) in [4.78, 5) is 20.9. The summed E-state index contributed by atoms with van der Waals surface area (Å²) in [7, 11) is 0. The van der Waals surface area contributed by atoms with E-state index in [0.29, 0.717) is 10.8 Å². The lowest BCUT2D eigenvalue weighted by Crippen LogP contribution is -2.32. The molecule has 1 N–H and O–H groups in total. The first-order valence-corrected chi connectivity index (χ1v) is 11.0. The number of likely N-dealkylation sites (tertiary alicyclic amines) is 1. The van der Waals surface area contributed by atoms with Crippen molar-refractivity contribution in [1.29, 1.82) is 0 Å². The molecule has 1 aliphatic heterocycles. The molecule has 4 rings (SSSR count). The van der Waals surface area contributed by atoms with Gasteiger partial charge in [0.15, 0.2) is 10.7 Å². The van der Waals surface area contributed by atoms with Gasteiger partial charge in [0.25, 0.3) is 0 Å². The van der Waals surface area contributed by atoms with Crippen LogP contribution in [0.4, 0.5) is 5.13 Å². The molecule has 3 heterocycles. The number of amides is 1. The number of nitrogens with one attached hydrogen (secondary N) is 1. The molecule has 3 aromatic rings. The minimum atomic E-state index is -0.119. The Balaban J connectivity index is 1.41. The first-order valence-electron chi connectivity index (χ1n) is 10.2. The fourth-order valence-corrected chi connectivity index (χ4v) is 4.96. The van der Waals surface area contributed by atoms with E-state index in [4.69, 9.17) is 4.52 Å². The summed E-state index contributed by atoms with van der Waals surface area (Å²) in [5, 5.41) is 8.64. The summed E-state index contributed by atoms with van der Waals surface area (Å²) in [6.45, 7) is 11.6. The van der Waals surface area contributed by atoms with Gasteiger partial charge in [-0.3, -0.25) is 9.69 Å². The topological polar surface area (TPSA) is 71.3 Å². The number of benzene rings is 1. The van der Waals surface area contributed by atoms with Crippen LogP contribution in [0.25, 0.3) is 11.0 Å². The summed E-state index contributed by atoms with van der Waals surface area (Å²) in [6.07, 6.45) is 2.69. The number of fused-ring (bicyclic) bond motifs is 1. The number of anilines is 1. The predicted molar refractivity (Wildman–Crippen MR) is 116 cm³/mol. The summed E-state index contributed by atoms with van der Waals surface area (Å²) in [5.41, 5.74) is 4.59. The van der Waals surface area contributed by atoms with Crippen molar-refractivity contribution >= 4 is 33.3 Å². The molecule has 0 spiro atoms. The number of nitrogens with zero attached hydrogens (tertiary/aromatic N) is 3. The molecular weight excluding hydrogens is 384 g/mol. The standard InChI is InChI=1S/C22H28N4O2S/c1-13-5-7-26(8-6-13)12-19-16(4)23-22(29-19)24-20(27)11-18-17-10-14(2)9-15(3)21(17)28-25-18/h9-10,13H,5-8,11-12H2,1-4H3,(H,23,24,27). The molecule has 0 bridgehead atoms. The number of hydrogen-bond acceptors (Lipinski definition) is 6. The number of rotatable bonds is 5. The second-order valence-corrected chi connectivity index (χ2v) is 9.38. The van der Waals surface area contributed by atoms with Crippen molar-refractivity contribution in [1.82, 2.24) is 15.0 Å². The highest BCUT2D eigenvalue weighted by atomic mass is 32.1. The molecule has 0 radical (unpaired) electrons. The third-order valence-corrected chi connectivity index (χ3v) is 6.75. The van der Waals surface area contributed by atoms with E-state index in [2.05, 4.69) is 33.3 Å². The SMILES string of the molecule is Cc1cc(C)c2onc(CC(=O)Nc3nc(C)c(CN4CCC(C)CC4)s3)c2c1. The van der Waals surface area contributed by atoms with Crippen LogP contribution in [0.3, 0.4) is 0 Å². The third kappa shape index (κ3) is 4.51. The van der Waals surface area contributed by atoms with Gasteiger partial charge in [-0.25, -0.2) is 4.98 Å². The molecule has 0 saturated carbocycles. The van der Waals surface area contributed by atoms with Crippen LogP contribution in [0.1, 0.15) is 47.2 Å². The minimum absolute atomic E-state index is 0.119. The molecular formula is C22H28N4O2S. The Morgan fingerprint density at radius 3 is 2.79 bits per heavy atom. The Bertz CT molecular complexity index is 1030. The maximum Gasteiger partial charge on any atom is 0.232 e. The highest BCUT2D eigenvalue weighted by Crippen LogP contribution is 2.27. The van der Waals surface area contributed by atoms with Gasteiger partial charge < -0.3 is 9.84 Å². The number of hydrogen-bond donors (Lipinski definition) is 1. The molecule has 29 heavy (non-hydrogen) atoms. The molecule has 0 aliphatic carbocycles. The molecule has 2 aromatic heterocycles. The fraction of sp³-hybridized carbons (Fsp3) is 0.500. The Labute approximate surface area is 175 Å². The molecule has 1 aliphatic rings. The molecule has 1 fully saturated rings.